The highest BCUT2D eigenvalue weighted by Crippen LogP contribution is 2.29. The molecule has 0 atom stereocenters. The molecular weight excluding hydrogens is 353 g/mol. The van der Waals surface area contributed by atoms with E-state index >= 15 is 0 Å². The third-order valence-electron chi connectivity index (χ3n) is 4.13. The Labute approximate surface area is 158 Å². The first kappa shape index (κ1) is 19.9. The van der Waals surface area contributed by atoms with Crippen LogP contribution in [0.15, 0.2) is 35.3 Å². The summed E-state index contributed by atoms with van der Waals surface area (Å²) in [5, 5.41) is 3.29. The van der Waals surface area contributed by atoms with Gasteiger partial charge in [-0.15, -0.1) is 0 Å². The molecule has 0 spiro atoms. The van der Waals surface area contributed by atoms with Gasteiger partial charge < -0.3 is 10.2 Å². The number of anilines is 1. The van der Waals surface area contributed by atoms with Crippen LogP contribution in [0.5, 0.6) is 0 Å². The van der Waals surface area contributed by atoms with Gasteiger partial charge in [-0.2, -0.15) is 0 Å². The van der Waals surface area contributed by atoms with Crippen molar-refractivity contribution in [2.75, 3.05) is 25.5 Å². The number of Topliss-reactive ketones (excluding diaryl/α,β-unsaturated/α-hetero) is 1. The zero-order valence-corrected chi connectivity index (χ0v) is 16.2. The molecule has 2 rings (SSSR count). The number of carbonyl (C=O) groups is 1. The van der Waals surface area contributed by atoms with Crippen molar-refractivity contribution < 1.29 is 9.18 Å². The van der Waals surface area contributed by atoms with Crippen LogP contribution in [0.4, 0.5) is 15.8 Å². The maximum absolute atomic E-state index is 13.9. The topological polar surface area (TPSA) is 44.7 Å². The molecule has 0 aromatic heterocycles. The molecule has 1 N–H and O–H groups in total. The van der Waals surface area contributed by atoms with Crippen molar-refractivity contribution in [1.29, 1.82) is 0 Å². The molecule has 2 aromatic rings. The van der Waals surface area contributed by atoms with E-state index in [2.05, 4.69) is 10.3 Å². The fraction of sp³-hybridized carbons (Fsp3) is 0.300. The number of aliphatic imine (C=N–C) groups is 1. The Morgan fingerprint density at radius 2 is 2.04 bits per heavy atom. The number of carbonyl (C=O) groups excluding carboxylic acids is 1. The van der Waals surface area contributed by atoms with Crippen LogP contribution in [0.3, 0.4) is 0 Å². The molecule has 2 aromatic carbocycles. The number of ketones is 1. The summed E-state index contributed by atoms with van der Waals surface area (Å²) in [6.07, 6.45) is 1.70. The van der Waals surface area contributed by atoms with Crippen molar-refractivity contribution in [1.82, 2.24) is 4.90 Å². The van der Waals surface area contributed by atoms with Gasteiger partial charge in [0.1, 0.15) is 5.82 Å². The minimum Gasteiger partial charge on any atom is -0.375 e. The van der Waals surface area contributed by atoms with E-state index in [-0.39, 0.29) is 18.1 Å². The number of halogens is 2. The molecule has 26 heavy (non-hydrogen) atoms. The van der Waals surface area contributed by atoms with Crippen LogP contribution in [-0.2, 0) is 0 Å². The number of benzene rings is 2. The van der Waals surface area contributed by atoms with E-state index in [9.17, 15) is 9.18 Å². The number of hydrogen-bond acceptors (Lipinski definition) is 3. The van der Waals surface area contributed by atoms with Gasteiger partial charge in [0.2, 0.25) is 0 Å². The zero-order valence-electron chi connectivity index (χ0n) is 15.4. The van der Waals surface area contributed by atoms with Crippen LogP contribution in [0.1, 0.15) is 28.4 Å². The monoisotopic (exact) mass is 375 g/mol. The highest BCUT2D eigenvalue weighted by atomic mass is 35.5. The highest BCUT2D eigenvalue weighted by Gasteiger charge is 2.14. The molecule has 0 bridgehead atoms. The maximum Gasteiger partial charge on any atom is 0.182 e. The average Bonchev–Trinajstić information content (AvgIpc) is 2.61. The Hall–Kier alpha value is -2.40. The second-order valence-electron chi connectivity index (χ2n) is 6.14. The first-order chi connectivity index (χ1) is 12.3. The number of nitrogens with zero attached hydrogens (tertiary/aromatic N) is 2. The molecule has 0 aliphatic carbocycles. The van der Waals surface area contributed by atoms with Gasteiger partial charge >= 0.3 is 0 Å². The normalized spacial score (nSPS) is 11.0. The fourth-order valence-electron chi connectivity index (χ4n) is 2.43. The summed E-state index contributed by atoms with van der Waals surface area (Å²) in [6.45, 7) is 6.46. The number of nitrogens with one attached hydrogen (secondary N) is 1. The highest BCUT2D eigenvalue weighted by molar-refractivity contribution is 6.33. The Morgan fingerprint density at radius 1 is 1.31 bits per heavy atom. The second-order valence-corrected chi connectivity index (χ2v) is 6.55. The van der Waals surface area contributed by atoms with Gasteiger partial charge in [-0.3, -0.25) is 4.79 Å². The first-order valence-corrected chi connectivity index (χ1v) is 8.78. The predicted octanol–water partition coefficient (Wildman–Crippen LogP) is 5.00. The van der Waals surface area contributed by atoms with E-state index in [0.29, 0.717) is 22.0 Å². The first-order valence-electron chi connectivity index (χ1n) is 8.40. The molecule has 4 nitrogen and oxygen atoms in total. The van der Waals surface area contributed by atoms with Gasteiger partial charge in [-0.1, -0.05) is 23.7 Å². The van der Waals surface area contributed by atoms with Gasteiger partial charge in [0.15, 0.2) is 5.78 Å². The standard InChI is InChI=1S/C20H23ClFN3O/c1-5-25(4)12-24-18-9-14(3)15(10-16(18)21)19(26)11-23-20-13(2)7-6-8-17(20)22/h6-10,12,23H,5,11H2,1-4H3/b24-12-. The summed E-state index contributed by atoms with van der Waals surface area (Å²) in [5.41, 5.74) is 2.97. The molecule has 0 radical (unpaired) electrons. The van der Waals surface area contributed by atoms with Crippen LogP contribution in [0, 0.1) is 19.7 Å². The van der Waals surface area contributed by atoms with Crippen molar-refractivity contribution in [3.8, 4) is 0 Å². The minimum atomic E-state index is -0.378. The van der Waals surface area contributed by atoms with Crippen LogP contribution >= 0.6 is 11.6 Å². The smallest absolute Gasteiger partial charge is 0.182 e. The zero-order chi connectivity index (χ0) is 19.3. The summed E-state index contributed by atoms with van der Waals surface area (Å²) in [7, 11) is 1.92. The fourth-order valence-corrected chi connectivity index (χ4v) is 2.64. The maximum atomic E-state index is 13.9. The van der Waals surface area contributed by atoms with E-state index < -0.39 is 0 Å². The largest absolute Gasteiger partial charge is 0.375 e. The molecule has 0 amide bonds. The molecule has 0 unspecified atom stereocenters. The van der Waals surface area contributed by atoms with Crippen LogP contribution in [0.2, 0.25) is 5.02 Å². The molecule has 0 heterocycles. The third-order valence-corrected chi connectivity index (χ3v) is 4.44. The molecule has 0 saturated carbocycles. The van der Waals surface area contributed by atoms with Gasteiger partial charge in [0.25, 0.3) is 0 Å². The van der Waals surface area contributed by atoms with Gasteiger partial charge in [0, 0.05) is 19.2 Å². The van der Waals surface area contributed by atoms with Crippen LogP contribution < -0.4 is 5.32 Å². The molecular formula is C20H23ClFN3O. The van der Waals surface area contributed by atoms with Crippen molar-refractivity contribution >= 4 is 35.1 Å². The Balaban J connectivity index is 2.17. The van der Waals surface area contributed by atoms with E-state index in [1.54, 1.807) is 37.5 Å². The summed E-state index contributed by atoms with van der Waals surface area (Å²) in [4.78, 5) is 18.8. The molecule has 138 valence electrons. The van der Waals surface area contributed by atoms with Crippen molar-refractivity contribution in [2.45, 2.75) is 20.8 Å². The lowest BCUT2D eigenvalue weighted by atomic mass is 10.0. The Kier molecular flexibility index (Phi) is 6.75. The van der Waals surface area contributed by atoms with Crippen LogP contribution in [-0.4, -0.2) is 37.2 Å². The van der Waals surface area contributed by atoms with E-state index in [4.69, 9.17) is 11.6 Å². The lowest BCUT2D eigenvalue weighted by Crippen LogP contribution is -2.16. The van der Waals surface area contributed by atoms with Crippen molar-refractivity contribution in [3.05, 3.63) is 57.9 Å². The number of para-hydroxylation sites is 1. The average molecular weight is 376 g/mol. The van der Waals surface area contributed by atoms with Gasteiger partial charge in [0.05, 0.1) is 29.3 Å². The summed E-state index contributed by atoms with van der Waals surface area (Å²) >= 11 is 6.27. The third kappa shape index (κ3) is 4.82. The van der Waals surface area contributed by atoms with E-state index in [1.807, 2.05) is 25.8 Å². The predicted molar refractivity (Wildman–Crippen MR) is 107 cm³/mol. The molecule has 0 saturated heterocycles. The minimum absolute atomic E-state index is 0.0138. The molecule has 6 heteroatoms. The van der Waals surface area contributed by atoms with Gasteiger partial charge in [-0.25, -0.2) is 9.38 Å². The number of rotatable bonds is 7. The lowest BCUT2D eigenvalue weighted by Gasteiger charge is -2.12. The number of hydrogen-bond donors (Lipinski definition) is 1. The van der Waals surface area contributed by atoms with Crippen molar-refractivity contribution in [2.24, 2.45) is 4.99 Å². The molecule has 0 aliphatic heterocycles. The Bertz CT molecular complexity index is 816. The second kappa shape index (κ2) is 8.81. The van der Waals surface area contributed by atoms with Crippen LogP contribution in [0.25, 0.3) is 0 Å². The summed E-state index contributed by atoms with van der Waals surface area (Å²) in [6, 6.07) is 8.19. The summed E-state index contributed by atoms with van der Waals surface area (Å²) in [5.74, 6) is -0.537. The van der Waals surface area contributed by atoms with Crippen molar-refractivity contribution in [3.63, 3.8) is 0 Å². The number of aryl methyl sites for hydroxylation is 2. The quantitative estimate of drug-likeness (QED) is 0.420. The van der Waals surface area contributed by atoms with Gasteiger partial charge in [-0.05, 0) is 50.1 Å². The molecule has 0 aliphatic rings. The SMILES string of the molecule is CCN(C)/C=N\c1cc(C)c(C(=O)CNc2c(C)cccc2F)cc1Cl. The molecule has 0 fully saturated rings. The van der Waals surface area contributed by atoms with E-state index in [1.165, 1.54) is 6.07 Å². The lowest BCUT2D eigenvalue weighted by molar-refractivity contribution is 0.101. The summed E-state index contributed by atoms with van der Waals surface area (Å²) < 4.78 is 13.9. The Morgan fingerprint density at radius 3 is 2.69 bits per heavy atom. The van der Waals surface area contributed by atoms with E-state index in [0.717, 1.165) is 17.7 Å².